The average molecular weight is 432 g/mol. The van der Waals surface area contributed by atoms with E-state index in [4.69, 9.17) is 0 Å². The van der Waals surface area contributed by atoms with Crippen LogP contribution in [-0.2, 0) is 10.0 Å². The Balaban J connectivity index is 1.60. The molecular formula is C19H18FN5O2S2. The minimum absolute atomic E-state index is 0.286. The molecular weight excluding hydrogens is 413 g/mol. The van der Waals surface area contributed by atoms with Crippen molar-refractivity contribution in [2.75, 3.05) is 17.6 Å². The molecule has 0 spiro atoms. The molecule has 2 N–H and O–H groups in total. The Morgan fingerprint density at radius 1 is 1.14 bits per heavy atom. The maximum atomic E-state index is 14.6. The van der Waals surface area contributed by atoms with Gasteiger partial charge < -0.3 is 5.32 Å². The maximum Gasteiger partial charge on any atom is 0.266 e. The number of hydrogen-bond acceptors (Lipinski definition) is 6. The molecule has 0 amide bonds. The van der Waals surface area contributed by atoms with Crippen molar-refractivity contribution in [1.82, 2.24) is 14.5 Å². The van der Waals surface area contributed by atoms with E-state index in [-0.39, 0.29) is 5.17 Å². The van der Waals surface area contributed by atoms with E-state index in [1.165, 1.54) is 23.9 Å². The van der Waals surface area contributed by atoms with E-state index in [0.29, 0.717) is 23.8 Å². The van der Waals surface area contributed by atoms with Crippen LogP contribution in [0.3, 0.4) is 0 Å². The van der Waals surface area contributed by atoms with E-state index >= 15 is 0 Å². The third-order valence-electron chi connectivity index (χ3n) is 4.13. The molecule has 10 heteroatoms. The summed E-state index contributed by atoms with van der Waals surface area (Å²) in [7, 11) is -4.03. The van der Waals surface area contributed by atoms with Crippen molar-refractivity contribution in [2.24, 2.45) is 4.99 Å². The Kier molecular flexibility index (Phi) is 5.29. The summed E-state index contributed by atoms with van der Waals surface area (Å²) in [5.74, 6) is 0.490. The number of aryl methyl sites for hydroxylation is 1. The third-order valence-corrected chi connectivity index (χ3v) is 6.53. The molecule has 0 atom stereocenters. The number of nitrogens with zero attached hydrogens (tertiary/aromatic N) is 3. The van der Waals surface area contributed by atoms with Crippen LogP contribution in [0, 0.1) is 12.7 Å². The second-order valence-electron chi connectivity index (χ2n) is 6.33. The number of thioether (sulfide) groups is 1. The third kappa shape index (κ3) is 4.28. The number of nitrogens with one attached hydrogen (secondary N) is 2. The minimum Gasteiger partial charge on any atom is -0.340 e. The van der Waals surface area contributed by atoms with Crippen molar-refractivity contribution < 1.29 is 12.8 Å². The number of aliphatic imine (C=N–C) groups is 1. The highest BCUT2D eigenvalue weighted by Crippen LogP contribution is 2.25. The van der Waals surface area contributed by atoms with Crippen molar-refractivity contribution in [2.45, 2.75) is 11.8 Å². The monoisotopic (exact) mass is 431 g/mol. The Morgan fingerprint density at radius 3 is 2.62 bits per heavy atom. The lowest BCUT2D eigenvalue weighted by molar-refractivity contribution is 0.565. The van der Waals surface area contributed by atoms with Crippen LogP contribution in [0.5, 0.6) is 0 Å². The van der Waals surface area contributed by atoms with Gasteiger partial charge in [0.05, 0.1) is 17.9 Å². The van der Waals surface area contributed by atoms with Gasteiger partial charge in [-0.05, 0) is 37.3 Å². The second-order valence-corrected chi connectivity index (χ2v) is 9.06. The Morgan fingerprint density at radius 2 is 1.93 bits per heavy atom. The summed E-state index contributed by atoms with van der Waals surface area (Å²) < 4.78 is 43.5. The highest BCUT2D eigenvalue weighted by molar-refractivity contribution is 8.15. The van der Waals surface area contributed by atoms with E-state index in [1.54, 1.807) is 4.68 Å². The second kappa shape index (κ2) is 7.88. The Labute approximate surface area is 172 Å². The van der Waals surface area contributed by atoms with Crippen molar-refractivity contribution in [3.05, 3.63) is 66.1 Å². The highest BCUT2D eigenvalue weighted by atomic mass is 32.2. The summed E-state index contributed by atoms with van der Waals surface area (Å²) in [6.45, 7) is 2.40. The quantitative estimate of drug-likeness (QED) is 0.646. The summed E-state index contributed by atoms with van der Waals surface area (Å²) in [6.07, 6.45) is 0. The van der Waals surface area contributed by atoms with Gasteiger partial charge in [-0.1, -0.05) is 30.0 Å². The normalized spacial score (nSPS) is 13.9. The first-order valence-corrected chi connectivity index (χ1v) is 11.3. The number of halogens is 1. The zero-order valence-electron chi connectivity index (χ0n) is 15.5. The highest BCUT2D eigenvalue weighted by Gasteiger charge is 2.22. The number of anilines is 2. The summed E-state index contributed by atoms with van der Waals surface area (Å²) in [6, 6.07) is 15.2. The predicted molar refractivity (Wildman–Crippen MR) is 113 cm³/mol. The molecule has 29 heavy (non-hydrogen) atoms. The molecule has 0 radical (unpaired) electrons. The van der Waals surface area contributed by atoms with E-state index in [2.05, 4.69) is 20.1 Å². The van der Waals surface area contributed by atoms with Crippen LogP contribution in [0.2, 0.25) is 0 Å². The fourth-order valence-electron chi connectivity index (χ4n) is 2.87. The molecule has 1 aliphatic rings. The molecule has 150 valence electrons. The van der Waals surface area contributed by atoms with Gasteiger partial charge in [-0.25, -0.2) is 17.5 Å². The minimum atomic E-state index is -4.03. The lowest BCUT2D eigenvalue weighted by Gasteiger charge is -2.12. The molecule has 0 saturated heterocycles. The van der Waals surface area contributed by atoms with Gasteiger partial charge >= 0.3 is 0 Å². The van der Waals surface area contributed by atoms with Gasteiger partial charge in [0, 0.05) is 17.5 Å². The lowest BCUT2D eigenvalue weighted by atomic mass is 10.3. The first kappa shape index (κ1) is 19.5. The van der Waals surface area contributed by atoms with Crippen molar-refractivity contribution >= 4 is 38.5 Å². The fourth-order valence-corrected chi connectivity index (χ4v) is 4.96. The topological polar surface area (TPSA) is 88.4 Å². The summed E-state index contributed by atoms with van der Waals surface area (Å²) in [5.41, 5.74) is 2.04. The molecule has 7 nitrogen and oxygen atoms in total. The number of sulfonamides is 1. The van der Waals surface area contributed by atoms with Crippen LogP contribution in [0.15, 0.2) is 64.5 Å². The van der Waals surface area contributed by atoms with Crippen LogP contribution in [0.4, 0.5) is 15.9 Å². The van der Waals surface area contributed by atoms with Crippen molar-refractivity contribution in [3.8, 4) is 5.69 Å². The van der Waals surface area contributed by atoms with Gasteiger partial charge in [-0.15, -0.1) is 0 Å². The molecule has 0 unspecified atom stereocenters. The number of para-hydroxylation sites is 1. The van der Waals surface area contributed by atoms with Gasteiger partial charge in [-0.2, -0.15) is 5.10 Å². The summed E-state index contributed by atoms with van der Waals surface area (Å²) >= 11 is 1.29. The fraction of sp³-hybridized carbons (Fsp3) is 0.158. The van der Waals surface area contributed by atoms with Gasteiger partial charge in [-0.3, -0.25) is 9.71 Å². The van der Waals surface area contributed by atoms with Crippen LogP contribution in [0.1, 0.15) is 5.69 Å². The Bertz CT molecular complexity index is 1180. The van der Waals surface area contributed by atoms with Crippen LogP contribution in [-0.4, -0.2) is 35.7 Å². The zero-order chi connectivity index (χ0) is 20.4. The molecule has 1 aromatic heterocycles. The van der Waals surface area contributed by atoms with E-state index in [1.807, 2.05) is 43.3 Å². The number of rotatable bonds is 5. The largest absolute Gasteiger partial charge is 0.340 e. The van der Waals surface area contributed by atoms with Gasteiger partial charge in [0.1, 0.15) is 16.5 Å². The lowest BCUT2D eigenvalue weighted by Crippen LogP contribution is -2.28. The predicted octanol–water partition coefficient (Wildman–Crippen LogP) is 3.44. The first-order chi connectivity index (χ1) is 13.9. The molecule has 2 heterocycles. The van der Waals surface area contributed by atoms with E-state index in [0.717, 1.165) is 17.4 Å². The molecule has 3 aromatic rings. The molecule has 1 aliphatic heterocycles. The first-order valence-electron chi connectivity index (χ1n) is 8.81. The van der Waals surface area contributed by atoms with Crippen molar-refractivity contribution in [1.29, 1.82) is 0 Å². The van der Waals surface area contributed by atoms with Gasteiger partial charge in [0.2, 0.25) is 0 Å². The molecule has 2 aromatic carbocycles. The number of hydrogen-bond donors (Lipinski definition) is 2. The van der Waals surface area contributed by atoms with E-state index in [9.17, 15) is 12.8 Å². The zero-order valence-corrected chi connectivity index (χ0v) is 17.1. The number of amidine groups is 1. The summed E-state index contributed by atoms with van der Waals surface area (Å²) in [5, 5.41) is 7.84. The average Bonchev–Trinajstić information content (AvgIpc) is 3.31. The molecule has 0 fully saturated rings. The van der Waals surface area contributed by atoms with E-state index < -0.39 is 20.7 Å². The molecule has 0 saturated carbocycles. The smallest absolute Gasteiger partial charge is 0.266 e. The number of aromatic nitrogens is 2. The SMILES string of the molecule is Cc1cc(Nc2ccc(S(=O)(=O)NC3=NCCS3)c(F)c2)n(-c2ccccc2)n1. The van der Waals surface area contributed by atoms with Crippen molar-refractivity contribution in [3.63, 3.8) is 0 Å². The molecule has 0 aliphatic carbocycles. The maximum absolute atomic E-state index is 14.6. The van der Waals surface area contributed by atoms with Crippen LogP contribution >= 0.6 is 11.8 Å². The van der Waals surface area contributed by atoms with Gasteiger partial charge in [0.25, 0.3) is 10.0 Å². The molecule has 0 bridgehead atoms. The van der Waals surface area contributed by atoms with Gasteiger partial charge in [0.15, 0.2) is 5.17 Å². The van der Waals surface area contributed by atoms with Crippen LogP contribution < -0.4 is 10.0 Å². The molecule has 4 rings (SSSR count). The number of benzene rings is 2. The summed E-state index contributed by atoms with van der Waals surface area (Å²) in [4.78, 5) is 3.61. The van der Waals surface area contributed by atoms with Crippen LogP contribution in [0.25, 0.3) is 5.69 Å². The standard InChI is InChI=1S/C19H18FN5O2S2/c1-13-11-18(25(23-13)15-5-3-2-4-6-15)22-14-7-8-17(16(20)12-14)29(26,27)24-19-21-9-10-28-19/h2-8,11-12,22H,9-10H2,1H3,(H,21,24). The Hall–Kier alpha value is -2.85.